The number of hydrogen-bond acceptors (Lipinski definition) is 5. The highest BCUT2D eigenvalue weighted by Crippen LogP contribution is 2.29. The summed E-state index contributed by atoms with van der Waals surface area (Å²) in [4.78, 5) is 11.0. The fraction of sp³-hybridized carbons (Fsp3) is 0.351. The van der Waals surface area contributed by atoms with Gasteiger partial charge < -0.3 is 19.6 Å². The minimum atomic E-state index is -0.373. The Labute approximate surface area is 252 Å². The van der Waals surface area contributed by atoms with Gasteiger partial charge in [-0.25, -0.2) is 4.79 Å². The van der Waals surface area contributed by atoms with E-state index in [4.69, 9.17) is 19.6 Å². The molecule has 0 radical (unpaired) electrons. The molecule has 0 aliphatic heterocycles. The normalized spacial score (nSPS) is 10.2. The number of unbranched alkanes of at least 4 members (excludes halogenated alkanes) is 4. The third-order valence-electron chi connectivity index (χ3n) is 6.62. The Balaban J connectivity index is 0.00000144. The molecule has 0 atom stereocenters. The zero-order chi connectivity index (χ0) is 30.6. The average molecular weight is 570 g/mol. The molecule has 0 saturated carbocycles. The van der Waals surface area contributed by atoms with Crippen molar-refractivity contribution in [3.63, 3.8) is 0 Å². The third-order valence-corrected chi connectivity index (χ3v) is 6.62. The van der Waals surface area contributed by atoms with Gasteiger partial charge in [-0.05, 0) is 85.2 Å². The van der Waals surface area contributed by atoms with Crippen molar-refractivity contribution in [2.75, 3.05) is 13.2 Å². The lowest BCUT2D eigenvalue weighted by Crippen LogP contribution is -2.02. The van der Waals surface area contributed by atoms with Crippen molar-refractivity contribution >= 4 is 17.9 Å². The van der Waals surface area contributed by atoms with Crippen molar-refractivity contribution in [1.29, 1.82) is 5.41 Å². The summed E-state index contributed by atoms with van der Waals surface area (Å²) in [6, 6.07) is 22.0. The summed E-state index contributed by atoms with van der Waals surface area (Å²) in [6.07, 6.45) is 11.1. The molecule has 5 heteroatoms. The SMILES string of the molecule is C=CC(=O)OCCCCCCOc1ccc(C(=C)Oc2ccc(-c3ccc(CCC)cc3)c(C=N)c2)cc1.CCCC. The monoisotopic (exact) mass is 569 g/mol. The van der Waals surface area contributed by atoms with Crippen LogP contribution < -0.4 is 9.47 Å². The zero-order valence-electron chi connectivity index (χ0n) is 25.6. The number of rotatable bonds is 17. The van der Waals surface area contributed by atoms with E-state index in [1.807, 2.05) is 42.5 Å². The number of aryl methyl sites for hydroxylation is 1. The standard InChI is InChI=1S/C33H37NO4.C4H10/c1-4-10-26-11-13-28(14-12-26)32-20-19-31(23-29(32)24-34)38-25(3)27-15-17-30(18-16-27)36-21-8-6-7-9-22-37-33(35)5-2;1-3-4-2/h5,11-20,23-24,34H,2-4,6-10,21-22H2,1H3;3-4H2,1-2H3. The molecule has 5 nitrogen and oxygen atoms in total. The lowest BCUT2D eigenvalue weighted by Gasteiger charge is -2.13. The van der Waals surface area contributed by atoms with Gasteiger partial charge in [0, 0.05) is 23.4 Å². The molecule has 3 aromatic carbocycles. The molecule has 1 N–H and O–H groups in total. The van der Waals surface area contributed by atoms with Crippen molar-refractivity contribution in [2.45, 2.75) is 72.1 Å². The van der Waals surface area contributed by atoms with Crippen LogP contribution in [0.3, 0.4) is 0 Å². The second kappa shape index (κ2) is 19.9. The molecule has 0 fully saturated rings. The summed E-state index contributed by atoms with van der Waals surface area (Å²) in [5, 5.41) is 7.91. The van der Waals surface area contributed by atoms with Crippen molar-refractivity contribution in [3.8, 4) is 22.6 Å². The Kier molecular flexibility index (Phi) is 16.1. The molecule has 0 spiro atoms. The molecular formula is C37H47NO4. The van der Waals surface area contributed by atoms with E-state index in [2.05, 4.69) is 58.2 Å². The van der Waals surface area contributed by atoms with E-state index in [0.717, 1.165) is 66.5 Å². The van der Waals surface area contributed by atoms with Crippen LogP contribution in [0.15, 0.2) is 86.0 Å². The first-order valence-electron chi connectivity index (χ1n) is 15.1. The van der Waals surface area contributed by atoms with Crippen LogP contribution >= 0.6 is 0 Å². The first kappa shape index (κ1) is 34.1. The van der Waals surface area contributed by atoms with Crippen LogP contribution in [0.25, 0.3) is 16.9 Å². The van der Waals surface area contributed by atoms with Gasteiger partial charge in [-0.3, -0.25) is 0 Å². The van der Waals surface area contributed by atoms with Crippen molar-refractivity contribution < 1.29 is 19.0 Å². The van der Waals surface area contributed by atoms with E-state index in [9.17, 15) is 4.79 Å². The van der Waals surface area contributed by atoms with Gasteiger partial charge in [0.05, 0.1) is 13.2 Å². The average Bonchev–Trinajstić information content (AvgIpc) is 3.03. The van der Waals surface area contributed by atoms with E-state index in [1.54, 1.807) is 0 Å². The number of nitrogens with one attached hydrogen (secondary N) is 1. The Bertz CT molecular complexity index is 1240. The van der Waals surface area contributed by atoms with E-state index in [0.29, 0.717) is 24.7 Å². The maximum atomic E-state index is 11.0. The maximum absolute atomic E-state index is 11.0. The second-order valence-electron chi connectivity index (χ2n) is 10.0. The van der Waals surface area contributed by atoms with Gasteiger partial charge in [0.2, 0.25) is 0 Å². The molecule has 0 unspecified atom stereocenters. The lowest BCUT2D eigenvalue weighted by molar-refractivity contribution is -0.137. The summed E-state index contributed by atoms with van der Waals surface area (Å²) in [7, 11) is 0. The van der Waals surface area contributed by atoms with E-state index >= 15 is 0 Å². The molecule has 0 aliphatic rings. The molecule has 0 bridgehead atoms. The predicted octanol–water partition coefficient (Wildman–Crippen LogP) is 9.83. The molecule has 0 heterocycles. The van der Waals surface area contributed by atoms with Crippen molar-refractivity contribution in [3.05, 3.63) is 103 Å². The third kappa shape index (κ3) is 12.2. The second-order valence-corrected chi connectivity index (χ2v) is 10.0. The molecule has 3 aromatic rings. The van der Waals surface area contributed by atoms with Gasteiger partial charge in [-0.2, -0.15) is 0 Å². The molecule has 0 saturated heterocycles. The van der Waals surface area contributed by atoms with Crippen LogP contribution in [-0.2, 0) is 16.0 Å². The van der Waals surface area contributed by atoms with Crippen molar-refractivity contribution in [1.82, 2.24) is 0 Å². The molecule has 0 aliphatic carbocycles. The summed E-state index contributed by atoms with van der Waals surface area (Å²) in [6.45, 7) is 15.1. The fourth-order valence-electron chi connectivity index (χ4n) is 4.04. The number of hydrogen-bond donors (Lipinski definition) is 1. The topological polar surface area (TPSA) is 68.6 Å². The van der Waals surface area contributed by atoms with Crippen LogP contribution in [-0.4, -0.2) is 25.4 Å². The fourth-order valence-corrected chi connectivity index (χ4v) is 4.04. The van der Waals surface area contributed by atoms with Gasteiger partial charge >= 0.3 is 5.97 Å². The van der Waals surface area contributed by atoms with E-state index in [-0.39, 0.29) is 5.97 Å². The van der Waals surface area contributed by atoms with Gasteiger partial charge in [-0.15, -0.1) is 0 Å². The number of ether oxygens (including phenoxy) is 3. The minimum absolute atomic E-state index is 0.373. The number of esters is 1. The van der Waals surface area contributed by atoms with Gasteiger partial charge in [0.15, 0.2) is 0 Å². The van der Waals surface area contributed by atoms with Crippen molar-refractivity contribution in [2.24, 2.45) is 0 Å². The Morgan fingerprint density at radius 1 is 0.810 bits per heavy atom. The highest BCUT2D eigenvalue weighted by molar-refractivity contribution is 5.89. The van der Waals surface area contributed by atoms with Gasteiger partial charge in [0.1, 0.15) is 17.3 Å². The Morgan fingerprint density at radius 3 is 2.05 bits per heavy atom. The summed E-state index contributed by atoms with van der Waals surface area (Å²) < 4.78 is 16.8. The van der Waals surface area contributed by atoms with Gasteiger partial charge in [0.25, 0.3) is 0 Å². The first-order chi connectivity index (χ1) is 20.4. The van der Waals surface area contributed by atoms with Crippen LogP contribution in [0.5, 0.6) is 11.5 Å². The number of carbonyl (C=O) groups is 1. The molecular weight excluding hydrogens is 522 g/mol. The van der Waals surface area contributed by atoms with E-state index < -0.39 is 0 Å². The molecule has 224 valence electrons. The predicted molar refractivity (Wildman–Crippen MR) is 176 cm³/mol. The first-order valence-corrected chi connectivity index (χ1v) is 15.1. The van der Waals surface area contributed by atoms with E-state index in [1.165, 1.54) is 30.7 Å². The molecule has 0 aromatic heterocycles. The summed E-state index contributed by atoms with van der Waals surface area (Å²) in [5.74, 6) is 1.59. The van der Waals surface area contributed by atoms with Crippen LogP contribution in [0.1, 0.15) is 82.4 Å². The minimum Gasteiger partial charge on any atom is -0.494 e. The highest BCUT2D eigenvalue weighted by atomic mass is 16.5. The van der Waals surface area contributed by atoms with Crippen LogP contribution in [0.2, 0.25) is 0 Å². The Hall–Kier alpha value is -4.12. The largest absolute Gasteiger partial charge is 0.494 e. The lowest BCUT2D eigenvalue weighted by atomic mass is 9.98. The quantitative estimate of drug-likeness (QED) is 0.0577. The smallest absolute Gasteiger partial charge is 0.330 e. The number of carbonyl (C=O) groups excluding carboxylic acids is 1. The maximum Gasteiger partial charge on any atom is 0.330 e. The molecule has 3 rings (SSSR count). The zero-order valence-corrected chi connectivity index (χ0v) is 25.6. The van der Waals surface area contributed by atoms with Crippen LogP contribution in [0, 0.1) is 5.41 Å². The van der Waals surface area contributed by atoms with Crippen LogP contribution in [0.4, 0.5) is 0 Å². The summed E-state index contributed by atoms with van der Waals surface area (Å²) >= 11 is 0. The molecule has 42 heavy (non-hydrogen) atoms. The number of benzene rings is 3. The highest BCUT2D eigenvalue weighted by Gasteiger charge is 2.09. The Morgan fingerprint density at radius 2 is 1.45 bits per heavy atom. The molecule has 0 amide bonds. The summed E-state index contributed by atoms with van der Waals surface area (Å²) in [5.41, 5.74) is 5.05. The van der Waals surface area contributed by atoms with Gasteiger partial charge in [-0.1, -0.05) is 83.5 Å².